The Kier molecular flexibility index (Phi) is 6.32. The number of rotatable bonds is 6. The third-order valence-corrected chi connectivity index (χ3v) is 5.86. The minimum atomic E-state index is -0.465. The number of hydrogen-bond donors (Lipinski definition) is 1. The van der Waals surface area contributed by atoms with Crippen molar-refractivity contribution in [1.29, 1.82) is 0 Å². The molecule has 0 aliphatic heterocycles. The molecule has 27 heavy (non-hydrogen) atoms. The number of benzene rings is 2. The van der Waals surface area contributed by atoms with Crippen LogP contribution >= 0.6 is 23.1 Å². The van der Waals surface area contributed by atoms with E-state index in [1.54, 1.807) is 17.8 Å². The highest BCUT2D eigenvalue weighted by atomic mass is 32.2. The Bertz CT molecular complexity index is 951. The number of ether oxygens (including phenoxy) is 1. The largest absolute Gasteiger partial charge is 0.465 e. The highest BCUT2D eigenvalue weighted by Gasteiger charge is 2.20. The molecular weight excluding hydrogens is 378 g/mol. The van der Waals surface area contributed by atoms with Crippen LogP contribution in [-0.2, 0) is 4.74 Å². The van der Waals surface area contributed by atoms with Crippen molar-refractivity contribution in [1.82, 2.24) is 0 Å². The van der Waals surface area contributed by atoms with Crippen LogP contribution in [0.5, 0.6) is 0 Å². The fourth-order valence-electron chi connectivity index (χ4n) is 2.56. The number of thioether (sulfide) groups is 1. The van der Waals surface area contributed by atoms with Crippen molar-refractivity contribution in [2.75, 3.05) is 18.2 Å². The quantitative estimate of drug-likeness (QED) is 0.437. The molecule has 3 rings (SSSR count). The van der Waals surface area contributed by atoms with E-state index in [1.807, 2.05) is 54.6 Å². The standard InChI is InChI=1S/C21H19NO3S2/c1-3-26-16-11-7-10-15(12-16)20(23)22-17-13-18(14-8-5-4-6-9-14)27-19(17)21(24)25-2/h4-13H,3H2,1-2H3,(H,22,23). The molecule has 0 bridgehead atoms. The van der Waals surface area contributed by atoms with Crippen LogP contribution in [0.2, 0.25) is 0 Å². The fourth-order valence-corrected chi connectivity index (χ4v) is 4.32. The van der Waals surface area contributed by atoms with Gasteiger partial charge in [-0.3, -0.25) is 4.79 Å². The zero-order chi connectivity index (χ0) is 19.2. The minimum Gasteiger partial charge on any atom is -0.465 e. The van der Waals surface area contributed by atoms with Crippen LogP contribution in [0.1, 0.15) is 27.0 Å². The predicted octanol–water partition coefficient (Wildman–Crippen LogP) is 5.57. The van der Waals surface area contributed by atoms with Gasteiger partial charge in [-0.05, 0) is 35.6 Å². The zero-order valence-corrected chi connectivity index (χ0v) is 16.7. The second-order valence-electron chi connectivity index (χ2n) is 5.63. The molecule has 1 heterocycles. The van der Waals surface area contributed by atoms with Crippen molar-refractivity contribution in [2.24, 2.45) is 0 Å². The number of esters is 1. The maximum atomic E-state index is 12.7. The first kappa shape index (κ1) is 19.2. The summed E-state index contributed by atoms with van der Waals surface area (Å²) in [6, 6.07) is 19.0. The average molecular weight is 398 g/mol. The summed E-state index contributed by atoms with van der Waals surface area (Å²) in [5.74, 6) is 0.214. The summed E-state index contributed by atoms with van der Waals surface area (Å²) >= 11 is 2.97. The number of carbonyl (C=O) groups is 2. The van der Waals surface area contributed by atoms with E-state index in [4.69, 9.17) is 4.74 Å². The first-order valence-electron chi connectivity index (χ1n) is 8.44. The maximum absolute atomic E-state index is 12.7. The third kappa shape index (κ3) is 4.59. The van der Waals surface area contributed by atoms with Crippen molar-refractivity contribution < 1.29 is 14.3 Å². The van der Waals surface area contributed by atoms with E-state index in [2.05, 4.69) is 12.2 Å². The van der Waals surface area contributed by atoms with Crippen molar-refractivity contribution in [3.8, 4) is 10.4 Å². The van der Waals surface area contributed by atoms with Crippen LogP contribution in [0.15, 0.2) is 65.6 Å². The summed E-state index contributed by atoms with van der Waals surface area (Å²) in [6.45, 7) is 2.07. The van der Waals surface area contributed by atoms with E-state index in [0.29, 0.717) is 16.1 Å². The highest BCUT2D eigenvalue weighted by molar-refractivity contribution is 7.99. The summed E-state index contributed by atoms with van der Waals surface area (Å²) in [6.07, 6.45) is 0. The lowest BCUT2D eigenvalue weighted by Gasteiger charge is -2.07. The molecule has 0 fully saturated rings. The predicted molar refractivity (Wildman–Crippen MR) is 112 cm³/mol. The van der Waals surface area contributed by atoms with E-state index in [9.17, 15) is 9.59 Å². The third-order valence-electron chi connectivity index (χ3n) is 3.82. The molecule has 6 heteroatoms. The Morgan fingerprint density at radius 1 is 1.07 bits per heavy atom. The van der Waals surface area contributed by atoms with Gasteiger partial charge in [-0.25, -0.2) is 4.79 Å². The van der Waals surface area contributed by atoms with Gasteiger partial charge < -0.3 is 10.1 Å². The van der Waals surface area contributed by atoms with E-state index < -0.39 is 5.97 Å². The average Bonchev–Trinajstić information content (AvgIpc) is 3.12. The second-order valence-corrected chi connectivity index (χ2v) is 8.02. The number of anilines is 1. The lowest BCUT2D eigenvalue weighted by molar-refractivity contribution is 0.0607. The molecule has 0 aliphatic rings. The number of hydrogen-bond acceptors (Lipinski definition) is 5. The smallest absolute Gasteiger partial charge is 0.350 e. The molecule has 1 amide bonds. The SMILES string of the molecule is CCSc1cccc(C(=O)Nc2cc(-c3ccccc3)sc2C(=O)OC)c1. The molecule has 0 unspecified atom stereocenters. The Morgan fingerprint density at radius 3 is 2.56 bits per heavy atom. The van der Waals surface area contributed by atoms with Crippen molar-refractivity contribution in [2.45, 2.75) is 11.8 Å². The number of carbonyl (C=O) groups excluding carboxylic acids is 2. The Labute approximate surface area is 166 Å². The van der Waals surface area contributed by atoms with Crippen LogP contribution in [0.3, 0.4) is 0 Å². The molecular formula is C21H19NO3S2. The van der Waals surface area contributed by atoms with Crippen LogP contribution in [0.25, 0.3) is 10.4 Å². The molecule has 4 nitrogen and oxygen atoms in total. The van der Waals surface area contributed by atoms with Gasteiger partial charge >= 0.3 is 5.97 Å². The van der Waals surface area contributed by atoms with Gasteiger partial charge in [0.05, 0.1) is 12.8 Å². The van der Waals surface area contributed by atoms with Crippen LogP contribution in [-0.4, -0.2) is 24.7 Å². The van der Waals surface area contributed by atoms with Crippen molar-refractivity contribution >= 4 is 40.7 Å². The van der Waals surface area contributed by atoms with Gasteiger partial charge in [-0.1, -0.05) is 43.3 Å². The first-order chi connectivity index (χ1) is 13.1. The monoisotopic (exact) mass is 397 g/mol. The molecule has 1 aromatic heterocycles. The van der Waals surface area contributed by atoms with Gasteiger partial charge in [0.1, 0.15) is 4.88 Å². The van der Waals surface area contributed by atoms with Crippen molar-refractivity contribution in [3.63, 3.8) is 0 Å². The second kappa shape index (κ2) is 8.88. The summed E-state index contributed by atoms with van der Waals surface area (Å²) < 4.78 is 4.88. The normalized spacial score (nSPS) is 10.4. The molecule has 0 aliphatic carbocycles. The lowest BCUT2D eigenvalue weighted by atomic mass is 10.2. The van der Waals surface area contributed by atoms with Gasteiger partial charge in [-0.15, -0.1) is 23.1 Å². The number of amides is 1. The van der Waals surface area contributed by atoms with Gasteiger partial charge in [0.25, 0.3) is 5.91 Å². The molecule has 3 aromatic rings. The van der Waals surface area contributed by atoms with E-state index in [0.717, 1.165) is 21.1 Å². The summed E-state index contributed by atoms with van der Waals surface area (Å²) in [7, 11) is 1.33. The van der Waals surface area contributed by atoms with Gasteiger partial charge in [0.2, 0.25) is 0 Å². The number of methoxy groups -OCH3 is 1. The number of thiophene rings is 1. The lowest BCUT2D eigenvalue weighted by Crippen LogP contribution is -2.14. The van der Waals surface area contributed by atoms with E-state index in [-0.39, 0.29) is 5.91 Å². The van der Waals surface area contributed by atoms with E-state index >= 15 is 0 Å². The fraction of sp³-hybridized carbons (Fsp3) is 0.143. The van der Waals surface area contributed by atoms with Gasteiger partial charge in [0.15, 0.2) is 0 Å². The highest BCUT2D eigenvalue weighted by Crippen LogP contribution is 2.35. The molecule has 0 atom stereocenters. The Hall–Kier alpha value is -2.57. The molecule has 2 aromatic carbocycles. The zero-order valence-electron chi connectivity index (χ0n) is 15.0. The Morgan fingerprint density at radius 2 is 1.85 bits per heavy atom. The Balaban J connectivity index is 1.91. The van der Waals surface area contributed by atoms with Crippen LogP contribution < -0.4 is 5.32 Å². The first-order valence-corrected chi connectivity index (χ1v) is 10.2. The van der Waals surface area contributed by atoms with Gasteiger partial charge in [0, 0.05) is 15.3 Å². The molecule has 0 saturated heterocycles. The van der Waals surface area contributed by atoms with Gasteiger partial charge in [-0.2, -0.15) is 0 Å². The molecule has 1 N–H and O–H groups in total. The summed E-state index contributed by atoms with van der Waals surface area (Å²) in [5, 5.41) is 2.86. The molecule has 0 saturated carbocycles. The van der Waals surface area contributed by atoms with Crippen LogP contribution in [0.4, 0.5) is 5.69 Å². The summed E-state index contributed by atoms with van der Waals surface area (Å²) in [4.78, 5) is 27.2. The molecule has 0 radical (unpaired) electrons. The van der Waals surface area contributed by atoms with E-state index in [1.165, 1.54) is 18.4 Å². The maximum Gasteiger partial charge on any atom is 0.350 e. The minimum absolute atomic E-state index is 0.254. The van der Waals surface area contributed by atoms with Crippen LogP contribution in [0, 0.1) is 0 Å². The topological polar surface area (TPSA) is 55.4 Å². The van der Waals surface area contributed by atoms with Crippen molar-refractivity contribution in [3.05, 3.63) is 71.1 Å². The number of nitrogens with one attached hydrogen (secondary N) is 1. The molecule has 0 spiro atoms. The molecule has 138 valence electrons. The summed E-state index contributed by atoms with van der Waals surface area (Å²) in [5.41, 5.74) is 2.00.